The molecular weight excluding hydrogens is 330 g/mol. The Morgan fingerprint density at radius 2 is 1.80 bits per heavy atom. The maximum atomic E-state index is 12.8. The number of hydrogen-bond donors (Lipinski definition) is 0. The SMILES string of the molecule is Cc1nc(C(=O)N(C)CCc2ccncc2)c(Cc2ccccc2)s1. The molecule has 3 rings (SSSR count). The first-order valence-corrected chi connectivity index (χ1v) is 9.09. The molecular formula is C20H21N3OS. The van der Waals surface area contributed by atoms with Gasteiger partial charge >= 0.3 is 0 Å². The number of benzene rings is 1. The number of nitrogens with zero attached hydrogens (tertiary/aromatic N) is 3. The van der Waals surface area contributed by atoms with Gasteiger partial charge in [-0.2, -0.15) is 0 Å². The second-order valence-corrected chi connectivity index (χ2v) is 7.29. The predicted octanol–water partition coefficient (Wildman–Crippen LogP) is 3.75. The first kappa shape index (κ1) is 17.3. The van der Waals surface area contributed by atoms with Crippen LogP contribution in [-0.4, -0.2) is 34.4 Å². The molecule has 0 unspecified atom stereocenters. The van der Waals surface area contributed by atoms with Crippen LogP contribution in [0.15, 0.2) is 54.9 Å². The maximum absolute atomic E-state index is 12.8. The molecule has 128 valence electrons. The van der Waals surface area contributed by atoms with Crippen LogP contribution in [0.2, 0.25) is 0 Å². The summed E-state index contributed by atoms with van der Waals surface area (Å²) in [5.41, 5.74) is 2.96. The molecule has 0 spiro atoms. The summed E-state index contributed by atoms with van der Waals surface area (Å²) in [5, 5.41) is 0.928. The number of aromatic nitrogens is 2. The Morgan fingerprint density at radius 3 is 2.52 bits per heavy atom. The summed E-state index contributed by atoms with van der Waals surface area (Å²) < 4.78 is 0. The first-order chi connectivity index (χ1) is 12.1. The van der Waals surface area contributed by atoms with Gasteiger partial charge in [0.25, 0.3) is 5.91 Å². The van der Waals surface area contributed by atoms with Gasteiger partial charge in [-0.1, -0.05) is 30.3 Å². The third-order valence-electron chi connectivity index (χ3n) is 4.05. The number of amides is 1. The summed E-state index contributed by atoms with van der Waals surface area (Å²) in [7, 11) is 1.84. The maximum Gasteiger partial charge on any atom is 0.273 e. The van der Waals surface area contributed by atoms with Crippen LogP contribution in [0, 0.1) is 6.92 Å². The summed E-state index contributed by atoms with van der Waals surface area (Å²) in [6.07, 6.45) is 5.10. The fraction of sp³-hybridized carbons (Fsp3) is 0.250. The van der Waals surface area contributed by atoms with Gasteiger partial charge in [0, 0.05) is 37.3 Å². The lowest BCUT2D eigenvalue weighted by Crippen LogP contribution is -2.29. The number of aryl methyl sites for hydroxylation is 1. The zero-order valence-corrected chi connectivity index (χ0v) is 15.3. The molecule has 0 saturated carbocycles. The van der Waals surface area contributed by atoms with Gasteiger partial charge in [-0.25, -0.2) is 4.98 Å². The average molecular weight is 351 g/mol. The standard InChI is InChI=1S/C20H21N3OS/c1-15-22-19(18(25-15)14-17-6-4-3-5-7-17)20(24)23(2)13-10-16-8-11-21-12-9-16/h3-9,11-12H,10,13-14H2,1-2H3. The summed E-state index contributed by atoms with van der Waals surface area (Å²) >= 11 is 1.60. The number of thiazole rings is 1. The van der Waals surface area contributed by atoms with E-state index in [2.05, 4.69) is 22.1 Å². The van der Waals surface area contributed by atoms with Gasteiger partial charge in [-0.05, 0) is 36.6 Å². The first-order valence-electron chi connectivity index (χ1n) is 8.28. The largest absolute Gasteiger partial charge is 0.340 e. The minimum atomic E-state index is -0.00987. The third-order valence-corrected chi connectivity index (χ3v) is 5.02. The molecule has 0 saturated heterocycles. The molecule has 0 aliphatic carbocycles. The van der Waals surface area contributed by atoms with Crippen molar-refractivity contribution in [1.29, 1.82) is 0 Å². The predicted molar refractivity (Wildman–Crippen MR) is 101 cm³/mol. The summed E-state index contributed by atoms with van der Waals surface area (Å²) in [6, 6.07) is 14.2. The summed E-state index contributed by atoms with van der Waals surface area (Å²) in [6.45, 7) is 2.61. The van der Waals surface area contributed by atoms with Crippen molar-refractivity contribution in [2.24, 2.45) is 0 Å². The van der Waals surface area contributed by atoms with Crippen molar-refractivity contribution in [1.82, 2.24) is 14.9 Å². The van der Waals surface area contributed by atoms with E-state index in [0.717, 1.165) is 22.7 Å². The third kappa shape index (κ3) is 4.51. The fourth-order valence-corrected chi connectivity index (χ4v) is 3.63. The number of carbonyl (C=O) groups is 1. The molecule has 0 aliphatic heterocycles. The number of hydrogen-bond acceptors (Lipinski definition) is 4. The lowest BCUT2D eigenvalue weighted by molar-refractivity contribution is 0.0790. The zero-order valence-electron chi connectivity index (χ0n) is 14.5. The van der Waals surface area contributed by atoms with E-state index in [9.17, 15) is 4.79 Å². The molecule has 0 N–H and O–H groups in total. The molecule has 1 amide bonds. The van der Waals surface area contributed by atoms with Crippen molar-refractivity contribution in [3.8, 4) is 0 Å². The van der Waals surface area contributed by atoms with Gasteiger partial charge in [-0.15, -0.1) is 11.3 Å². The molecule has 2 heterocycles. The molecule has 25 heavy (non-hydrogen) atoms. The zero-order chi connectivity index (χ0) is 17.6. The van der Waals surface area contributed by atoms with Gasteiger partial charge in [0.1, 0.15) is 5.69 Å². The van der Waals surface area contributed by atoms with E-state index in [4.69, 9.17) is 0 Å². The van der Waals surface area contributed by atoms with Gasteiger partial charge in [0.05, 0.1) is 5.01 Å². The van der Waals surface area contributed by atoms with Crippen LogP contribution in [0.5, 0.6) is 0 Å². The second-order valence-electron chi connectivity index (χ2n) is 6.00. The summed E-state index contributed by atoms with van der Waals surface area (Å²) in [4.78, 5) is 24.2. The van der Waals surface area contributed by atoms with E-state index in [0.29, 0.717) is 12.2 Å². The van der Waals surface area contributed by atoms with Crippen molar-refractivity contribution in [2.75, 3.05) is 13.6 Å². The lowest BCUT2D eigenvalue weighted by atomic mass is 10.1. The van der Waals surface area contributed by atoms with Crippen molar-refractivity contribution >= 4 is 17.2 Å². The molecule has 0 fully saturated rings. The van der Waals surface area contributed by atoms with Crippen molar-refractivity contribution in [3.05, 3.63) is 81.6 Å². The van der Waals surface area contributed by atoms with Crippen LogP contribution in [0.1, 0.15) is 31.5 Å². The minimum absolute atomic E-state index is 0.00987. The van der Waals surface area contributed by atoms with Crippen LogP contribution < -0.4 is 0 Å². The molecule has 0 bridgehead atoms. The fourth-order valence-electron chi connectivity index (χ4n) is 2.67. The highest BCUT2D eigenvalue weighted by atomic mass is 32.1. The molecule has 0 radical (unpaired) electrons. The van der Waals surface area contributed by atoms with Gasteiger partial charge < -0.3 is 4.90 Å². The second kappa shape index (κ2) is 8.03. The van der Waals surface area contributed by atoms with E-state index < -0.39 is 0 Å². The Balaban J connectivity index is 1.71. The van der Waals surface area contributed by atoms with Crippen LogP contribution in [0.25, 0.3) is 0 Å². The molecule has 0 atom stereocenters. The Bertz CT molecular complexity index is 831. The number of likely N-dealkylation sites (N-methyl/N-ethyl adjacent to an activating group) is 1. The average Bonchev–Trinajstić information content (AvgIpc) is 3.01. The van der Waals surface area contributed by atoms with Crippen molar-refractivity contribution in [3.63, 3.8) is 0 Å². The summed E-state index contributed by atoms with van der Waals surface area (Å²) in [5.74, 6) is -0.00987. The van der Waals surface area contributed by atoms with E-state index in [-0.39, 0.29) is 5.91 Å². The monoisotopic (exact) mass is 351 g/mol. The van der Waals surface area contributed by atoms with Crippen LogP contribution >= 0.6 is 11.3 Å². The molecule has 0 aliphatic rings. The highest BCUT2D eigenvalue weighted by Gasteiger charge is 2.20. The van der Waals surface area contributed by atoms with E-state index in [1.54, 1.807) is 28.6 Å². The van der Waals surface area contributed by atoms with Gasteiger partial charge in [0.15, 0.2) is 0 Å². The Labute approximate surface area is 152 Å². The number of pyridine rings is 1. The van der Waals surface area contributed by atoms with Crippen molar-refractivity contribution in [2.45, 2.75) is 19.8 Å². The van der Waals surface area contributed by atoms with Gasteiger partial charge in [0.2, 0.25) is 0 Å². The number of rotatable bonds is 6. The Hall–Kier alpha value is -2.53. The molecule has 5 heteroatoms. The Morgan fingerprint density at radius 1 is 1.08 bits per heavy atom. The van der Waals surface area contributed by atoms with Crippen LogP contribution in [-0.2, 0) is 12.8 Å². The van der Waals surface area contributed by atoms with Crippen LogP contribution in [0.3, 0.4) is 0 Å². The van der Waals surface area contributed by atoms with E-state index in [1.807, 2.05) is 44.3 Å². The smallest absolute Gasteiger partial charge is 0.273 e. The highest BCUT2D eigenvalue weighted by Crippen LogP contribution is 2.23. The van der Waals surface area contributed by atoms with Crippen molar-refractivity contribution < 1.29 is 4.79 Å². The molecule has 3 aromatic rings. The Kier molecular flexibility index (Phi) is 5.56. The quantitative estimate of drug-likeness (QED) is 0.679. The topological polar surface area (TPSA) is 46.1 Å². The van der Waals surface area contributed by atoms with Crippen LogP contribution in [0.4, 0.5) is 0 Å². The van der Waals surface area contributed by atoms with Gasteiger partial charge in [-0.3, -0.25) is 9.78 Å². The molecule has 1 aromatic carbocycles. The normalized spacial score (nSPS) is 10.6. The molecule has 2 aromatic heterocycles. The molecule has 4 nitrogen and oxygen atoms in total. The van der Waals surface area contributed by atoms with E-state index in [1.165, 1.54) is 11.1 Å². The lowest BCUT2D eigenvalue weighted by Gasteiger charge is -2.16. The minimum Gasteiger partial charge on any atom is -0.340 e. The highest BCUT2D eigenvalue weighted by molar-refractivity contribution is 7.11. The van der Waals surface area contributed by atoms with E-state index >= 15 is 0 Å². The number of carbonyl (C=O) groups excluding carboxylic acids is 1.